The molecule has 0 aliphatic heterocycles. The van der Waals surface area contributed by atoms with Gasteiger partial charge in [0.1, 0.15) is 6.61 Å². The molecule has 0 radical (unpaired) electrons. The zero-order valence-corrected chi connectivity index (χ0v) is 15.8. The zero-order chi connectivity index (χ0) is 19.0. The van der Waals surface area contributed by atoms with E-state index in [1.54, 1.807) is 6.07 Å². The fraction of sp³-hybridized carbons (Fsp3) is 0.368. The highest BCUT2D eigenvalue weighted by atomic mass is 35.5. The molecule has 0 saturated carbocycles. The van der Waals surface area contributed by atoms with Gasteiger partial charge in [0.15, 0.2) is 11.6 Å². The lowest BCUT2D eigenvalue weighted by molar-refractivity contribution is 0.0696. The summed E-state index contributed by atoms with van der Waals surface area (Å²) in [5, 5.41) is 9.64. The smallest absolute Gasteiger partial charge is 0.337 e. The van der Waals surface area contributed by atoms with Crippen molar-refractivity contribution in [3.63, 3.8) is 0 Å². The predicted octanol–water partition coefficient (Wildman–Crippen LogP) is 5.13. The van der Waals surface area contributed by atoms with Crippen molar-refractivity contribution in [2.24, 2.45) is 0 Å². The van der Waals surface area contributed by atoms with Gasteiger partial charge in [-0.15, -0.1) is 0 Å². The molecule has 5 nitrogen and oxygen atoms in total. The lowest BCUT2D eigenvalue weighted by atomic mass is 9.94. The summed E-state index contributed by atoms with van der Waals surface area (Å²) in [7, 11) is 0. The van der Waals surface area contributed by atoms with E-state index in [2.05, 4.69) is 18.8 Å². The van der Waals surface area contributed by atoms with Gasteiger partial charge in [-0.25, -0.2) is 9.78 Å². The van der Waals surface area contributed by atoms with E-state index in [1.165, 1.54) is 12.3 Å². The number of carboxylic acids is 1. The standard InChI is InChI=1S/C17H19ClN2O3.C2H6/c1-3-10(2)12-5-4-6-14(18)13(12)9-23-15-7-11(17(21)22)8-20-16(15)19;1-2/h4-8,10H,3,9H2,1-2H3,(H2,19,20)(H,21,22);1-2H3. The Kier molecular flexibility index (Phi) is 8.22. The van der Waals surface area contributed by atoms with Crippen LogP contribution in [0.1, 0.15) is 61.5 Å². The highest BCUT2D eigenvalue weighted by molar-refractivity contribution is 6.31. The number of carbonyl (C=O) groups is 1. The van der Waals surface area contributed by atoms with E-state index in [1.807, 2.05) is 26.0 Å². The second-order valence-electron chi connectivity index (χ2n) is 5.32. The first-order chi connectivity index (χ1) is 11.9. The summed E-state index contributed by atoms with van der Waals surface area (Å²) in [5.41, 5.74) is 7.77. The number of halogens is 1. The monoisotopic (exact) mass is 364 g/mol. The average molecular weight is 365 g/mol. The number of carboxylic acid groups (broad SMARTS) is 1. The molecular weight excluding hydrogens is 340 g/mol. The molecule has 1 aromatic carbocycles. The molecule has 0 fully saturated rings. The maximum absolute atomic E-state index is 11.0. The number of aromatic nitrogens is 1. The molecule has 25 heavy (non-hydrogen) atoms. The molecule has 6 heteroatoms. The van der Waals surface area contributed by atoms with Gasteiger partial charge in [0.25, 0.3) is 0 Å². The summed E-state index contributed by atoms with van der Waals surface area (Å²) in [6.45, 7) is 8.43. The molecule has 2 rings (SSSR count). The molecule has 0 bridgehead atoms. The number of anilines is 1. The predicted molar refractivity (Wildman–Crippen MR) is 101 cm³/mol. The second kappa shape index (κ2) is 9.89. The number of nitrogens with zero attached hydrogens (tertiary/aromatic N) is 1. The summed E-state index contributed by atoms with van der Waals surface area (Å²) >= 11 is 6.30. The van der Waals surface area contributed by atoms with E-state index in [0.29, 0.717) is 10.9 Å². The van der Waals surface area contributed by atoms with Crippen LogP contribution >= 0.6 is 11.6 Å². The molecule has 3 N–H and O–H groups in total. The van der Waals surface area contributed by atoms with Gasteiger partial charge in [-0.1, -0.05) is 51.4 Å². The molecule has 1 heterocycles. The fourth-order valence-electron chi connectivity index (χ4n) is 2.25. The van der Waals surface area contributed by atoms with Gasteiger partial charge >= 0.3 is 5.97 Å². The van der Waals surface area contributed by atoms with Crippen molar-refractivity contribution in [1.82, 2.24) is 4.98 Å². The van der Waals surface area contributed by atoms with Crippen LogP contribution in [0.2, 0.25) is 5.02 Å². The van der Waals surface area contributed by atoms with Gasteiger partial charge in [0.2, 0.25) is 0 Å². The number of nitrogen functional groups attached to an aromatic ring is 1. The van der Waals surface area contributed by atoms with Crippen LogP contribution in [0.4, 0.5) is 5.82 Å². The van der Waals surface area contributed by atoms with Gasteiger partial charge in [-0.3, -0.25) is 0 Å². The van der Waals surface area contributed by atoms with Crippen molar-refractivity contribution in [1.29, 1.82) is 0 Å². The van der Waals surface area contributed by atoms with Gasteiger partial charge in [-0.2, -0.15) is 0 Å². The first-order valence-corrected chi connectivity index (χ1v) is 8.70. The largest absolute Gasteiger partial charge is 0.485 e. The number of nitrogens with two attached hydrogens (primary N) is 1. The molecule has 2 aromatic rings. The van der Waals surface area contributed by atoms with E-state index in [9.17, 15) is 4.79 Å². The van der Waals surface area contributed by atoms with Crippen LogP contribution < -0.4 is 10.5 Å². The van der Waals surface area contributed by atoms with Crippen molar-refractivity contribution >= 4 is 23.4 Å². The van der Waals surface area contributed by atoms with Crippen molar-refractivity contribution in [3.8, 4) is 5.75 Å². The maximum Gasteiger partial charge on any atom is 0.337 e. The number of hydrogen-bond donors (Lipinski definition) is 2. The fourth-order valence-corrected chi connectivity index (χ4v) is 2.48. The van der Waals surface area contributed by atoms with Gasteiger partial charge in [0.05, 0.1) is 5.56 Å². The van der Waals surface area contributed by atoms with E-state index in [4.69, 9.17) is 27.2 Å². The minimum Gasteiger partial charge on any atom is -0.485 e. The Morgan fingerprint density at radius 3 is 2.68 bits per heavy atom. The summed E-state index contributed by atoms with van der Waals surface area (Å²) in [6, 6.07) is 7.11. The third kappa shape index (κ3) is 5.36. The zero-order valence-electron chi connectivity index (χ0n) is 15.0. The van der Waals surface area contributed by atoms with Crippen molar-refractivity contribution in [3.05, 3.63) is 52.2 Å². The van der Waals surface area contributed by atoms with Crippen LogP contribution in [0.5, 0.6) is 5.75 Å². The lowest BCUT2D eigenvalue weighted by Gasteiger charge is -2.17. The van der Waals surface area contributed by atoms with Crippen LogP contribution in [0.3, 0.4) is 0 Å². The minimum absolute atomic E-state index is 0.0236. The number of rotatable bonds is 6. The van der Waals surface area contributed by atoms with E-state index in [0.717, 1.165) is 17.5 Å². The molecule has 0 aliphatic carbocycles. The SMILES string of the molecule is CC.CCC(C)c1cccc(Cl)c1COc1cc(C(=O)O)cnc1N. The van der Waals surface area contributed by atoms with E-state index in [-0.39, 0.29) is 23.7 Å². The van der Waals surface area contributed by atoms with Gasteiger partial charge < -0.3 is 15.6 Å². The average Bonchev–Trinajstić information content (AvgIpc) is 2.62. The molecule has 0 spiro atoms. The Morgan fingerprint density at radius 1 is 1.40 bits per heavy atom. The number of aromatic carboxylic acids is 1. The Labute approximate surface area is 153 Å². The summed E-state index contributed by atoms with van der Waals surface area (Å²) in [5.74, 6) is -0.361. The van der Waals surface area contributed by atoms with E-state index >= 15 is 0 Å². The van der Waals surface area contributed by atoms with Crippen LogP contribution in [0.25, 0.3) is 0 Å². The molecule has 0 aliphatic rings. The highest BCUT2D eigenvalue weighted by Gasteiger charge is 2.14. The topological polar surface area (TPSA) is 85.4 Å². The molecule has 1 aromatic heterocycles. The molecule has 1 unspecified atom stereocenters. The van der Waals surface area contributed by atoms with E-state index < -0.39 is 5.97 Å². The highest BCUT2D eigenvalue weighted by Crippen LogP contribution is 2.30. The Balaban J connectivity index is 0.00000151. The summed E-state index contributed by atoms with van der Waals surface area (Å²) in [6.07, 6.45) is 2.18. The molecule has 1 atom stereocenters. The van der Waals surface area contributed by atoms with Gasteiger partial charge in [-0.05, 0) is 24.0 Å². The van der Waals surface area contributed by atoms with Crippen molar-refractivity contribution in [2.45, 2.75) is 46.6 Å². The third-order valence-electron chi connectivity index (χ3n) is 3.80. The third-order valence-corrected chi connectivity index (χ3v) is 4.15. The summed E-state index contributed by atoms with van der Waals surface area (Å²) < 4.78 is 5.69. The van der Waals surface area contributed by atoms with Crippen LogP contribution in [0, 0.1) is 0 Å². The maximum atomic E-state index is 11.0. The molecular formula is C19H25ClN2O3. The quantitative estimate of drug-likeness (QED) is 0.741. The molecule has 136 valence electrons. The van der Waals surface area contributed by atoms with Crippen molar-refractivity contribution in [2.75, 3.05) is 5.73 Å². The van der Waals surface area contributed by atoms with Crippen molar-refractivity contribution < 1.29 is 14.6 Å². The number of benzene rings is 1. The number of pyridine rings is 1. The first kappa shape index (κ1) is 20.8. The van der Waals surface area contributed by atoms with Crippen LogP contribution in [-0.4, -0.2) is 16.1 Å². The normalized spacial score (nSPS) is 11.2. The lowest BCUT2D eigenvalue weighted by Crippen LogP contribution is -2.07. The number of ether oxygens (including phenoxy) is 1. The number of hydrogen-bond acceptors (Lipinski definition) is 4. The molecule has 0 saturated heterocycles. The first-order valence-electron chi connectivity index (χ1n) is 8.32. The minimum atomic E-state index is -1.08. The summed E-state index contributed by atoms with van der Waals surface area (Å²) in [4.78, 5) is 14.9. The second-order valence-corrected chi connectivity index (χ2v) is 5.73. The Hall–Kier alpha value is -2.27. The van der Waals surface area contributed by atoms with Crippen LogP contribution in [-0.2, 0) is 6.61 Å². The van der Waals surface area contributed by atoms with Gasteiger partial charge in [0, 0.05) is 22.8 Å². The van der Waals surface area contributed by atoms with Crippen LogP contribution in [0.15, 0.2) is 30.5 Å². The molecule has 0 amide bonds. The Morgan fingerprint density at radius 2 is 2.08 bits per heavy atom. The Bertz CT molecular complexity index is 720.